The third-order valence-electron chi connectivity index (χ3n) is 5.97. The highest BCUT2D eigenvalue weighted by molar-refractivity contribution is 5.83. The summed E-state index contributed by atoms with van der Waals surface area (Å²) >= 11 is 0. The molecule has 0 bridgehead atoms. The molecule has 0 saturated heterocycles. The first-order valence-corrected chi connectivity index (χ1v) is 12.2. The molecular formula is C29H33F3N2O3. The van der Waals surface area contributed by atoms with Crippen molar-refractivity contribution in [3.8, 4) is 11.5 Å². The molecule has 37 heavy (non-hydrogen) atoms. The zero-order valence-corrected chi connectivity index (χ0v) is 21.4. The number of likely N-dealkylation sites (N-methyl/N-ethyl adjacent to an activating group) is 1. The lowest BCUT2D eigenvalue weighted by Crippen LogP contribution is -2.38. The van der Waals surface area contributed by atoms with Crippen molar-refractivity contribution in [1.82, 2.24) is 10.6 Å². The van der Waals surface area contributed by atoms with Gasteiger partial charge in [0.2, 0.25) is 5.91 Å². The molecule has 0 fully saturated rings. The molecule has 3 aromatic rings. The van der Waals surface area contributed by atoms with Gasteiger partial charge in [0.15, 0.2) is 11.5 Å². The maximum absolute atomic E-state index is 13.0. The van der Waals surface area contributed by atoms with E-state index in [-0.39, 0.29) is 18.1 Å². The van der Waals surface area contributed by atoms with Crippen LogP contribution in [-0.2, 0) is 17.4 Å². The number of benzene rings is 3. The van der Waals surface area contributed by atoms with Gasteiger partial charge in [0.1, 0.15) is 6.04 Å². The smallest absolute Gasteiger partial charge is 0.416 e. The van der Waals surface area contributed by atoms with E-state index in [0.717, 1.165) is 28.8 Å². The molecule has 0 saturated carbocycles. The number of alkyl halides is 3. The summed E-state index contributed by atoms with van der Waals surface area (Å²) in [5, 5.41) is 6.19. The molecule has 5 nitrogen and oxygen atoms in total. The summed E-state index contributed by atoms with van der Waals surface area (Å²) < 4.78 is 50.4. The molecule has 0 radical (unpaired) electrons. The molecule has 1 amide bonds. The molecule has 0 heterocycles. The van der Waals surface area contributed by atoms with Crippen LogP contribution >= 0.6 is 0 Å². The van der Waals surface area contributed by atoms with Crippen molar-refractivity contribution in [2.75, 3.05) is 14.2 Å². The third kappa shape index (κ3) is 7.73. The van der Waals surface area contributed by atoms with Crippen LogP contribution in [0.4, 0.5) is 13.2 Å². The Hall–Kier alpha value is -3.52. The molecule has 0 aliphatic carbocycles. The monoisotopic (exact) mass is 514 g/mol. The molecule has 2 atom stereocenters. The van der Waals surface area contributed by atoms with E-state index < -0.39 is 17.8 Å². The zero-order chi connectivity index (χ0) is 27.0. The average molecular weight is 515 g/mol. The van der Waals surface area contributed by atoms with Gasteiger partial charge >= 0.3 is 6.18 Å². The molecule has 3 rings (SSSR count). The second-order valence-electron chi connectivity index (χ2n) is 8.99. The first-order valence-electron chi connectivity index (χ1n) is 12.2. The van der Waals surface area contributed by atoms with Crippen molar-refractivity contribution < 1.29 is 27.4 Å². The van der Waals surface area contributed by atoms with Gasteiger partial charge in [-0.15, -0.1) is 0 Å². The van der Waals surface area contributed by atoms with Gasteiger partial charge in [0.25, 0.3) is 0 Å². The van der Waals surface area contributed by atoms with Crippen LogP contribution in [0.25, 0.3) is 0 Å². The Morgan fingerprint density at radius 2 is 1.59 bits per heavy atom. The Kier molecular flexibility index (Phi) is 9.58. The number of rotatable bonds is 11. The summed E-state index contributed by atoms with van der Waals surface area (Å²) in [6.07, 6.45) is -3.43. The number of carbonyl (C=O) groups is 1. The lowest BCUT2D eigenvalue weighted by atomic mass is 9.95. The number of nitrogens with one attached hydrogen (secondary N) is 2. The van der Waals surface area contributed by atoms with Crippen LogP contribution in [0.1, 0.15) is 54.6 Å². The highest BCUT2D eigenvalue weighted by Crippen LogP contribution is 2.34. The van der Waals surface area contributed by atoms with Crippen molar-refractivity contribution in [2.24, 2.45) is 0 Å². The summed E-state index contributed by atoms with van der Waals surface area (Å²) in [5.74, 6) is 0.968. The topological polar surface area (TPSA) is 59.6 Å². The molecule has 198 valence electrons. The normalized spacial score (nSPS) is 13.2. The average Bonchev–Trinajstić information content (AvgIpc) is 2.88. The minimum absolute atomic E-state index is 0.0781. The molecular weight excluding hydrogens is 481 g/mol. The minimum atomic E-state index is -4.38. The van der Waals surface area contributed by atoms with E-state index in [4.69, 9.17) is 9.47 Å². The van der Waals surface area contributed by atoms with E-state index in [1.165, 1.54) is 12.1 Å². The van der Waals surface area contributed by atoms with Crippen LogP contribution in [0.15, 0.2) is 72.8 Å². The standard InChI is InChI=1S/C29H33F3N2O3/c1-19(2)37-26-18-22(13-17-25(26)36-4)24(16-12-20-10-14-23(15-11-20)29(30,31)32)34-27(28(35)33-3)21-8-6-5-7-9-21/h5-11,13-15,17-19,24,27,34H,12,16H2,1-4H3,(H,33,35)/t24-,27-/m1/s1. The minimum Gasteiger partial charge on any atom is -0.493 e. The summed E-state index contributed by atoms with van der Waals surface area (Å²) in [6.45, 7) is 3.84. The van der Waals surface area contributed by atoms with Crippen molar-refractivity contribution >= 4 is 5.91 Å². The Bertz CT molecular complexity index is 1150. The van der Waals surface area contributed by atoms with E-state index in [1.54, 1.807) is 14.2 Å². The quantitative estimate of drug-likeness (QED) is 0.318. The Balaban J connectivity index is 1.94. The first kappa shape index (κ1) is 28.1. The van der Waals surface area contributed by atoms with Crippen molar-refractivity contribution in [3.63, 3.8) is 0 Å². The molecule has 0 aromatic heterocycles. The predicted octanol–water partition coefficient (Wildman–Crippen LogP) is 6.25. The highest BCUT2D eigenvalue weighted by atomic mass is 19.4. The van der Waals surface area contributed by atoms with Crippen molar-refractivity contribution in [2.45, 2.75) is 51.1 Å². The van der Waals surface area contributed by atoms with Crippen LogP contribution < -0.4 is 20.1 Å². The van der Waals surface area contributed by atoms with E-state index in [9.17, 15) is 18.0 Å². The molecule has 0 unspecified atom stereocenters. The molecule has 0 aliphatic heterocycles. The highest BCUT2D eigenvalue weighted by Gasteiger charge is 2.30. The van der Waals surface area contributed by atoms with E-state index in [1.807, 2.05) is 62.4 Å². The van der Waals surface area contributed by atoms with Gasteiger partial charge in [-0.2, -0.15) is 13.2 Å². The number of carbonyl (C=O) groups excluding carboxylic acids is 1. The number of halogens is 3. The number of ether oxygens (including phenoxy) is 2. The number of methoxy groups -OCH3 is 1. The van der Waals surface area contributed by atoms with Gasteiger partial charge in [0, 0.05) is 13.1 Å². The second kappa shape index (κ2) is 12.6. The maximum atomic E-state index is 13.0. The Morgan fingerprint density at radius 3 is 2.16 bits per heavy atom. The molecule has 8 heteroatoms. The maximum Gasteiger partial charge on any atom is 0.416 e. The van der Waals surface area contributed by atoms with E-state index in [2.05, 4.69) is 10.6 Å². The molecule has 0 aliphatic rings. The third-order valence-corrected chi connectivity index (χ3v) is 5.97. The summed E-state index contributed by atoms with van der Waals surface area (Å²) in [5.41, 5.74) is 1.75. The fraction of sp³-hybridized carbons (Fsp3) is 0.345. The van der Waals surface area contributed by atoms with Crippen molar-refractivity contribution in [3.05, 3.63) is 95.1 Å². The fourth-order valence-electron chi connectivity index (χ4n) is 4.09. The Labute approximate surface area is 216 Å². The summed E-state index contributed by atoms with van der Waals surface area (Å²) in [4.78, 5) is 12.9. The predicted molar refractivity (Wildman–Crippen MR) is 138 cm³/mol. The fourth-order valence-corrected chi connectivity index (χ4v) is 4.09. The van der Waals surface area contributed by atoms with Gasteiger partial charge < -0.3 is 14.8 Å². The van der Waals surface area contributed by atoms with Gasteiger partial charge in [0.05, 0.1) is 18.8 Å². The number of hydrogen-bond acceptors (Lipinski definition) is 4. The van der Waals surface area contributed by atoms with Gasteiger partial charge in [-0.3, -0.25) is 10.1 Å². The van der Waals surface area contributed by atoms with Gasteiger partial charge in [-0.25, -0.2) is 0 Å². The van der Waals surface area contributed by atoms with E-state index >= 15 is 0 Å². The first-order chi connectivity index (χ1) is 17.6. The molecule has 2 N–H and O–H groups in total. The van der Waals surface area contributed by atoms with Crippen LogP contribution in [-0.4, -0.2) is 26.2 Å². The SMILES string of the molecule is CNC(=O)[C@H](N[C@H](CCc1ccc(C(F)(F)F)cc1)c1ccc(OC)c(OC(C)C)c1)c1ccccc1. The summed E-state index contributed by atoms with van der Waals surface area (Å²) in [6, 6.07) is 19.2. The number of hydrogen-bond donors (Lipinski definition) is 2. The van der Waals surface area contributed by atoms with Crippen LogP contribution in [0.5, 0.6) is 11.5 Å². The van der Waals surface area contributed by atoms with Crippen LogP contribution in [0, 0.1) is 0 Å². The summed E-state index contributed by atoms with van der Waals surface area (Å²) in [7, 11) is 3.15. The zero-order valence-electron chi connectivity index (χ0n) is 21.4. The van der Waals surface area contributed by atoms with Gasteiger partial charge in [-0.1, -0.05) is 48.5 Å². The Morgan fingerprint density at radius 1 is 0.919 bits per heavy atom. The lowest BCUT2D eigenvalue weighted by Gasteiger charge is -2.27. The number of aryl methyl sites for hydroxylation is 1. The molecule has 0 spiro atoms. The van der Waals surface area contributed by atoms with E-state index in [0.29, 0.717) is 24.3 Å². The van der Waals surface area contributed by atoms with Crippen LogP contribution in [0.2, 0.25) is 0 Å². The second-order valence-corrected chi connectivity index (χ2v) is 8.99. The van der Waals surface area contributed by atoms with Crippen LogP contribution in [0.3, 0.4) is 0 Å². The largest absolute Gasteiger partial charge is 0.493 e. The number of amides is 1. The lowest BCUT2D eigenvalue weighted by molar-refractivity contribution is -0.137. The van der Waals surface area contributed by atoms with Crippen molar-refractivity contribution in [1.29, 1.82) is 0 Å². The van der Waals surface area contributed by atoms with Gasteiger partial charge in [-0.05, 0) is 67.6 Å². The molecule has 3 aromatic carbocycles.